The van der Waals surface area contributed by atoms with Gasteiger partial charge in [-0.2, -0.15) is 9.61 Å². The molecule has 0 radical (unpaired) electrons. The van der Waals surface area contributed by atoms with Gasteiger partial charge in [-0.3, -0.25) is 4.84 Å². The molecule has 0 bridgehead atoms. The predicted octanol–water partition coefficient (Wildman–Crippen LogP) is 2.71. The van der Waals surface area contributed by atoms with Gasteiger partial charge < -0.3 is 9.73 Å². The molecule has 0 aliphatic rings. The van der Waals surface area contributed by atoms with E-state index in [2.05, 4.69) is 31.3 Å². The second-order valence-electron chi connectivity index (χ2n) is 5.34. The number of fused-ring (bicyclic) bond motifs is 1. The molecule has 0 aliphatic carbocycles. The second-order valence-corrected chi connectivity index (χ2v) is 6.19. The van der Waals surface area contributed by atoms with E-state index in [0.29, 0.717) is 12.3 Å². The fourth-order valence-corrected chi connectivity index (χ4v) is 2.87. The third-order valence-electron chi connectivity index (χ3n) is 3.72. The smallest absolute Gasteiger partial charge is 0.227 e. The van der Waals surface area contributed by atoms with Crippen molar-refractivity contribution in [2.24, 2.45) is 0 Å². The lowest BCUT2D eigenvalue weighted by Gasteiger charge is -2.09. The Balaban J connectivity index is 1.70. The first-order valence-corrected chi connectivity index (χ1v) is 8.40. The zero-order chi connectivity index (χ0) is 17.2. The average Bonchev–Trinajstić information content (AvgIpc) is 3.30. The number of rotatable bonds is 5. The Morgan fingerprint density at radius 2 is 2.28 bits per heavy atom. The fraction of sp³-hybridized carbons (Fsp3) is 0.118. The van der Waals surface area contributed by atoms with Gasteiger partial charge in [-0.05, 0) is 34.1 Å². The Hall–Kier alpha value is -2.87. The monoisotopic (exact) mass is 400 g/mol. The molecule has 0 amide bonds. The number of halogens is 1. The summed E-state index contributed by atoms with van der Waals surface area (Å²) in [5.41, 5.74) is 2.53. The third-order valence-corrected chi connectivity index (χ3v) is 4.28. The molecule has 4 aromatic heterocycles. The molecule has 0 aromatic carbocycles. The highest BCUT2D eigenvalue weighted by atomic mass is 79.9. The van der Waals surface area contributed by atoms with Crippen LogP contribution in [-0.4, -0.2) is 21.7 Å². The van der Waals surface area contributed by atoms with Crippen LogP contribution in [0, 0.1) is 0 Å². The van der Waals surface area contributed by atoms with Crippen LogP contribution in [0.25, 0.3) is 17.1 Å². The maximum Gasteiger partial charge on any atom is 0.227 e. The number of aromatic nitrogens is 4. The van der Waals surface area contributed by atoms with Gasteiger partial charge in [0.05, 0.1) is 16.9 Å². The molecule has 4 aromatic rings. The molecule has 4 heterocycles. The molecule has 0 atom stereocenters. The van der Waals surface area contributed by atoms with Crippen molar-refractivity contribution in [3.8, 4) is 11.5 Å². The van der Waals surface area contributed by atoms with Crippen molar-refractivity contribution in [3.63, 3.8) is 0 Å². The van der Waals surface area contributed by atoms with Crippen molar-refractivity contribution in [2.45, 2.75) is 6.54 Å². The van der Waals surface area contributed by atoms with Crippen LogP contribution in [0.1, 0.15) is 5.56 Å². The number of furan rings is 1. The summed E-state index contributed by atoms with van der Waals surface area (Å²) in [6.45, 7) is 0.610. The van der Waals surface area contributed by atoms with Crippen LogP contribution in [0.3, 0.4) is 0 Å². The standard InChI is InChI=1S/C17H15BrN5O2/c1-24-22-6-2-4-12(11-22)9-19-16-8-14(15-5-3-7-25-15)21-17-13(18)10-20-23(16)17/h2-8,10-11,19H,9H2,1H3/q+1. The molecule has 25 heavy (non-hydrogen) atoms. The number of hydrogen-bond acceptors (Lipinski definition) is 5. The van der Waals surface area contributed by atoms with Gasteiger partial charge in [-0.15, -0.1) is 0 Å². The quantitative estimate of drug-likeness (QED) is 0.521. The normalized spacial score (nSPS) is 11.0. The van der Waals surface area contributed by atoms with Crippen molar-refractivity contribution in [2.75, 3.05) is 12.4 Å². The van der Waals surface area contributed by atoms with E-state index >= 15 is 0 Å². The molecule has 1 N–H and O–H groups in total. The summed E-state index contributed by atoms with van der Waals surface area (Å²) in [6, 6.07) is 9.59. The zero-order valence-corrected chi connectivity index (χ0v) is 15.0. The lowest BCUT2D eigenvalue weighted by molar-refractivity contribution is -0.885. The van der Waals surface area contributed by atoms with Gasteiger partial charge in [-0.1, -0.05) is 0 Å². The van der Waals surface area contributed by atoms with Crippen LogP contribution in [0.5, 0.6) is 0 Å². The van der Waals surface area contributed by atoms with Crippen LogP contribution in [0.4, 0.5) is 5.82 Å². The van der Waals surface area contributed by atoms with E-state index in [4.69, 9.17) is 9.25 Å². The van der Waals surface area contributed by atoms with Gasteiger partial charge in [0, 0.05) is 29.0 Å². The van der Waals surface area contributed by atoms with E-state index in [1.54, 1.807) is 28.8 Å². The van der Waals surface area contributed by atoms with E-state index in [-0.39, 0.29) is 0 Å². The Bertz CT molecular complexity index is 1010. The Morgan fingerprint density at radius 1 is 1.36 bits per heavy atom. The number of pyridine rings is 1. The summed E-state index contributed by atoms with van der Waals surface area (Å²) in [6.07, 6.45) is 7.11. The summed E-state index contributed by atoms with van der Waals surface area (Å²) >= 11 is 3.49. The van der Waals surface area contributed by atoms with Gasteiger partial charge >= 0.3 is 0 Å². The highest BCUT2D eigenvalue weighted by Gasteiger charge is 2.13. The number of nitrogens with one attached hydrogen (secondary N) is 1. The Morgan fingerprint density at radius 3 is 3.08 bits per heavy atom. The highest BCUT2D eigenvalue weighted by Crippen LogP contribution is 2.26. The van der Waals surface area contributed by atoms with Crippen LogP contribution in [-0.2, 0) is 6.54 Å². The van der Waals surface area contributed by atoms with Gasteiger partial charge in [0.2, 0.25) is 12.4 Å². The van der Waals surface area contributed by atoms with Crippen molar-refractivity contribution < 1.29 is 14.0 Å². The molecule has 0 saturated carbocycles. The lowest BCUT2D eigenvalue weighted by Crippen LogP contribution is -2.40. The average molecular weight is 401 g/mol. The molecular formula is C17H15BrN5O2+. The highest BCUT2D eigenvalue weighted by molar-refractivity contribution is 9.10. The first kappa shape index (κ1) is 15.6. The van der Waals surface area contributed by atoms with Gasteiger partial charge in [0.25, 0.3) is 0 Å². The molecule has 8 heteroatoms. The molecule has 126 valence electrons. The van der Waals surface area contributed by atoms with Gasteiger partial charge in [0.15, 0.2) is 11.4 Å². The van der Waals surface area contributed by atoms with Crippen LogP contribution in [0.2, 0.25) is 0 Å². The minimum Gasteiger partial charge on any atom is -0.463 e. The number of anilines is 1. The Kier molecular flexibility index (Phi) is 4.10. The summed E-state index contributed by atoms with van der Waals surface area (Å²) < 4.78 is 9.70. The molecule has 7 nitrogen and oxygen atoms in total. The van der Waals surface area contributed by atoms with Crippen molar-refractivity contribution in [1.82, 2.24) is 14.6 Å². The molecule has 4 rings (SSSR count). The van der Waals surface area contributed by atoms with Crippen LogP contribution < -0.4 is 14.9 Å². The van der Waals surface area contributed by atoms with E-state index in [1.807, 2.05) is 42.7 Å². The van der Waals surface area contributed by atoms with Gasteiger partial charge in [-0.25, -0.2) is 4.98 Å². The number of hydrogen-bond donors (Lipinski definition) is 1. The predicted molar refractivity (Wildman–Crippen MR) is 94.9 cm³/mol. The first-order valence-electron chi connectivity index (χ1n) is 7.61. The molecule has 0 spiro atoms. The Labute approximate surface area is 152 Å². The molecule has 0 aliphatic heterocycles. The van der Waals surface area contributed by atoms with Crippen molar-refractivity contribution in [1.29, 1.82) is 0 Å². The minimum absolute atomic E-state index is 0.610. The maximum absolute atomic E-state index is 5.48. The molecule has 0 saturated heterocycles. The largest absolute Gasteiger partial charge is 0.463 e. The van der Waals surface area contributed by atoms with E-state index in [1.165, 1.54) is 0 Å². The SMILES string of the molecule is CO[n+]1cccc(CNc2cc(-c3ccco3)nc3c(Br)cnn23)c1. The number of nitrogens with zero attached hydrogens (tertiary/aromatic N) is 4. The third kappa shape index (κ3) is 3.08. The maximum atomic E-state index is 5.48. The molecular weight excluding hydrogens is 386 g/mol. The fourth-order valence-electron chi connectivity index (χ4n) is 2.52. The van der Waals surface area contributed by atoms with E-state index in [0.717, 1.165) is 27.2 Å². The second kappa shape index (κ2) is 6.56. The summed E-state index contributed by atoms with van der Waals surface area (Å²) in [4.78, 5) is 9.81. The van der Waals surface area contributed by atoms with Gasteiger partial charge in [0.1, 0.15) is 18.6 Å². The van der Waals surface area contributed by atoms with E-state index < -0.39 is 0 Å². The lowest BCUT2D eigenvalue weighted by atomic mass is 10.2. The van der Waals surface area contributed by atoms with Crippen LogP contribution in [0.15, 0.2) is 64.1 Å². The molecule has 0 unspecified atom stereocenters. The topological polar surface area (TPSA) is 68.5 Å². The molecule has 0 fully saturated rings. The summed E-state index contributed by atoms with van der Waals surface area (Å²) in [7, 11) is 1.63. The van der Waals surface area contributed by atoms with E-state index in [9.17, 15) is 0 Å². The van der Waals surface area contributed by atoms with Crippen LogP contribution >= 0.6 is 15.9 Å². The zero-order valence-electron chi connectivity index (χ0n) is 13.4. The summed E-state index contributed by atoms with van der Waals surface area (Å²) in [5, 5.41) is 7.77. The van der Waals surface area contributed by atoms with Crippen molar-refractivity contribution >= 4 is 27.4 Å². The van der Waals surface area contributed by atoms with Crippen molar-refractivity contribution in [3.05, 3.63) is 65.2 Å². The summed E-state index contributed by atoms with van der Waals surface area (Å²) in [5.74, 6) is 1.52. The first-order chi connectivity index (χ1) is 12.2. The minimum atomic E-state index is 0.610.